The molecule has 2 aromatic rings. The van der Waals surface area contributed by atoms with Crippen molar-refractivity contribution in [3.05, 3.63) is 58.9 Å². The molecule has 0 aromatic heterocycles. The summed E-state index contributed by atoms with van der Waals surface area (Å²) in [5, 5.41) is 2.87. The summed E-state index contributed by atoms with van der Waals surface area (Å²) >= 11 is 0. The lowest BCUT2D eigenvalue weighted by atomic mass is 10.1. The molecule has 1 heterocycles. The maximum atomic E-state index is 13.2. The van der Waals surface area contributed by atoms with E-state index in [1.54, 1.807) is 12.1 Å². The maximum absolute atomic E-state index is 13.2. The summed E-state index contributed by atoms with van der Waals surface area (Å²) in [5.41, 5.74) is 2.65. The molecule has 132 valence electrons. The number of nitrogens with one attached hydrogen (secondary N) is 1. The lowest BCUT2D eigenvalue weighted by molar-refractivity contribution is -0.120. The van der Waals surface area contributed by atoms with Crippen molar-refractivity contribution in [1.82, 2.24) is 5.32 Å². The number of carbonyl (C=O) groups excluding carboxylic acids is 1. The average molecular weight is 343 g/mol. The van der Waals surface area contributed by atoms with Crippen LogP contribution in [0.3, 0.4) is 0 Å². The Kier molecular flexibility index (Phi) is 5.22. The van der Waals surface area contributed by atoms with Crippen molar-refractivity contribution >= 4 is 5.91 Å². The van der Waals surface area contributed by atoms with Gasteiger partial charge in [0, 0.05) is 24.1 Å². The van der Waals surface area contributed by atoms with Gasteiger partial charge in [-0.05, 0) is 43.7 Å². The Morgan fingerprint density at radius 3 is 2.96 bits per heavy atom. The molecule has 0 radical (unpaired) electrons. The predicted molar refractivity (Wildman–Crippen MR) is 93.4 cm³/mol. The van der Waals surface area contributed by atoms with Crippen LogP contribution in [0.4, 0.5) is 4.39 Å². The topological polar surface area (TPSA) is 47.6 Å². The standard InChI is InChI=1S/C20H22FNO3/c1-3-24-18-10-15-7-13(2)25-19(15)11-16(18)12-22-20(23)9-14-5-4-6-17(21)8-14/h4-6,8,10-11,13H,3,7,9,12H2,1-2H3,(H,22,23)/t13-/m0/s1. The van der Waals surface area contributed by atoms with E-state index in [0.717, 1.165) is 29.0 Å². The summed E-state index contributed by atoms with van der Waals surface area (Å²) in [6, 6.07) is 10.0. The number of ether oxygens (including phenoxy) is 2. The Balaban J connectivity index is 1.67. The lowest BCUT2D eigenvalue weighted by Gasteiger charge is -2.13. The van der Waals surface area contributed by atoms with Crippen LogP contribution in [0.15, 0.2) is 36.4 Å². The van der Waals surface area contributed by atoms with Gasteiger partial charge in [0.15, 0.2) is 0 Å². The Morgan fingerprint density at radius 2 is 2.20 bits per heavy atom. The van der Waals surface area contributed by atoms with Gasteiger partial charge in [0.1, 0.15) is 23.4 Å². The van der Waals surface area contributed by atoms with Gasteiger partial charge in [0.25, 0.3) is 0 Å². The first-order chi connectivity index (χ1) is 12.0. The van der Waals surface area contributed by atoms with Gasteiger partial charge in [-0.3, -0.25) is 4.79 Å². The van der Waals surface area contributed by atoms with Crippen molar-refractivity contribution in [3.63, 3.8) is 0 Å². The van der Waals surface area contributed by atoms with Crippen molar-refractivity contribution in [2.75, 3.05) is 6.61 Å². The van der Waals surface area contributed by atoms with Gasteiger partial charge in [-0.15, -0.1) is 0 Å². The number of hydrogen-bond acceptors (Lipinski definition) is 3. The number of fused-ring (bicyclic) bond motifs is 1. The van der Waals surface area contributed by atoms with Crippen LogP contribution in [0.1, 0.15) is 30.5 Å². The summed E-state index contributed by atoms with van der Waals surface area (Å²) in [6.45, 7) is 4.85. The SMILES string of the molecule is CCOc1cc2c(cc1CNC(=O)Cc1cccc(F)c1)O[C@@H](C)C2. The third-order valence-electron chi connectivity index (χ3n) is 4.11. The molecule has 0 spiro atoms. The number of halogens is 1. The van der Waals surface area contributed by atoms with E-state index in [-0.39, 0.29) is 24.2 Å². The van der Waals surface area contributed by atoms with Crippen molar-refractivity contribution < 1.29 is 18.7 Å². The first-order valence-electron chi connectivity index (χ1n) is 8.51. The fourth-order valence-electron chi connectivity index (χ4n) is 3.00. The molecule has 0 unspecified atom stereocenters. The van der Waals surface area contributed by atoms with Gasteiger partial charge >= 0.3 is 0 Å². The van der Waals surface area contributed by atoms with Crippen LogP contribution >= 0.6 is 0 Å². The molecule has 0 saturated heterocycles. The number of amides is 1. The Hall–Kier alpha value is -2.56. The molecular weight excluding hydrogens is 321 g/mol. The quantitative estimate of drug-likeness (QED) is 0.874. The third kappa shape index (κ3) is 4.29. The van der Waals surface area contributed by atoms with Crippen LogP contribution in [-0.2, 0) is 24.2 Å². The van der Waals surface area contributed by atoms with Crippen molar-refractivity contribution in [1.29, 1.82) is 0 Å². The molecule has 1 amide bonds. The van der Waals surface area contributed by atoms with Crippen LogP contribution in [-0.4, -0.2) is 18.6 Å². The van der Waals surface area contributed by atoms with E-state index < -0.39 is 0 Å². The second-order valence-electron chi connectivity index (χ2n) is 6.22. The zero-order chi connectivity index (χ0) is 17.8. The molecule has 4 nitrogen and oxygen atoms in total. The highest BCUT2D eigenvalue weighted by atomic mass is 19.1. The normalized spacial score (nSPS) is 15.4. The van der Waals surface area contributed by atoms with Gasteiger partial charge < -0.3 is 14.8 Å². The Morgan fingerprint density at radius 1 is 1.36 bits per heavy atom. The molecule has 0 aliphatic carbocycles. The van der Waals surface area contributed by atoms with Crippen molar-refractivity contribution in [2.45, 2.75) is 39.3 Å². The van der Waals surface area contributed by atoms with E-state index in [2.05, 4.69) is 5.32 Å². The minimum atomic E-state index is -0.339. The molecule has 0 bridgehead atoms. The Bertz CT molecular complexity index is 776. The first kappa shape index (κ1) is 17.3. The number of carbonyl (C=O) groups is 1. The van der Waals surface area contributed by atoms with Crippen molar-refractivity contribution in [3.8, 4) is 11.5 Å². The average Bonchev–Trinajstić information content (AvgIpc) is 2.92. The highest BCUT2D eigenvalue weighted by Gasteiger charge is 2.22. The van der Waals surface area contributed by atoms with Gasteiger partial charge in [0.2, 0.25) is 5.91 Å². The number of benzene rings is 2. The van der Waals surface area contributed by atoms with Crippen LogP contribution in [0.5, 0.6) is 11.5 Å². The summed E-state index contributed by atoms with van der Waals surface area (Å²) in [4.78, 5) is 12.1. The molecule has 0 saturated carbocycles. The van der Waals surface area contributed by atoms with E-state index in [9.17, 15) is 9.18 Å². The largest absolute Gasteiger partial charge is 0.494 e. The molecule has 25 heavy (non-hydrogen) atoms. The number of rotatable bonds is 6. The zero-order valence-corrected chi connectivity index (χ0v) is 14.5. The molecule has 1 atom stereocenters. The van der Waals surface area contributed by atoms with E-state index in [1.165, 1.54) is 12.1 Å². The van der Waals surface area contributed by atoms with Crippen LogP contribution in [0.25, 0.3) is 0 Å². The minimum Gasteiger partial charge on any atom is -0.494 e. The summed E-state index contributed by atoms with van der Waals surface area (Å²) in [7, 11) is 0. The fraction of sp³-hybridized carbons (Fsp3) is 0.350. The molecule has 5 heteroatoms. The highest BCUT2D eigenvalue weighted by molar-refractivity contribution is 5.78. The molecule has 1 N–H and O–H groups in total. The van der Waals surface area contributed by atoms with Crippen LogP contribution in [0, 0.1) is 5.82 Å². The molecule has 0 fully saturated rings. The van der Waals surface area contributed by atoms with E-state index in [1.807, 2.05) is 26.0 Å². The second kappa shape index (κ2) is 7.55. The number of hydrogen-bond donors (Lipinski definition) is 1. The smallest absolute Gasteiger partial charge is 0.224 e. The first-order valence-corrected chi connectivity index (χ1v) is 8.51. The Labute approximate surface area is 147 Å². The summed E-state index contributed by atoms with van der Waals surface area (Å²) < 4.78 is 24.7. The van der Waals surface area contributed by atoms with Gasteiger partial charge in [-0.25, -0.2) is 4.39 Å². The monoisotopic (exact) mass is 343 g/mol. The predicted octanol–water partition coefficient (Wildman–Crippen LogP) is 3.41. The summed E-state index contributed by atoms with van der Waals surface area (Å²) in [6.07, 6.45) is 1.16. The zero-order valence-electron chi connectivity index (χ0n) is 14.5. The van der Waals surface area contributed by atoms with Crippen LogP contribution < -0.4 is 14.8 Å². The molecule has 2 aromatic carbocycles. The van der Waals surface area contributed by atoms with Gasteiger partial charge in [0.05, 0.1) is 13.0 Å². The van der Waals surface area contributed by atoms with Gasteiger partial charge in [-0.1, -0.05) is 12.1 Å². The van der Waals surface area contributed by atoms with Crippen molar-refractivity contribution in [2.24, 2.45) is 0 Å². The summed E-state index contributed by atoms with van der Waals surface area (Å²) in [5.74, 6) is 1.12. The maximum Gasteiger partial charge on any atom is 0.224 e. The molecule has 1 aliphatic heterocycles. The van der Waals surface area contributed by atoms with Gasteiger partial charge in [-0.2, -0.15) is 0 Å². The molecule has 1 aliphatic rings. The third-order valence-corrected chi connectivity index (χ3v) is 4.11. The van der Waals surface area contributed by atoms with E-state index >= 15 is 0 Å². The van der Waals surface area contributed by atoms with Crippen LogP contribution in [0.2, 0.25) is 0 Å². The van der Waals surface area contributed by atoms with E-state index in [0.29, 0.717) is 18.7 Å². The fourth-order valence-corrected chi connectivity index (χ4v) is 3.00. The highest BCUT2D eigenvalue weighted by Crippen LogP contribution is 2.35. The molecular formula is C20H22FNO3. The van der Waals surface area contributed by atoms with E-state index in [4.69, 9.17) is 9.47 Å². The lowest BCUT2D eigenvalue weighted by Crippen LogP contribution is -2.25. The molecule has 3 rings (SSSR count). The second-order valence-corrected chi connectivity index (χ2v) is 6.22. The minimum absolute atomic E-state index is 0.139.